The summed E-state index contributed by atoms with van der Waals surface area (Å²) in [6.45, 7) is 2.96. The van der Waals surface area contributed by atoms with E-state index in [-0.39, 0.29) is 0 Å². The molecule has 3 aromatic carbocycles. The van der Waals surface area contributed by atoms with Crippen molar-refractivity contribution < 1.29 is 0 Å². The second-order valence-corrected chi connectivity index (χ2v) is 7.65. The van der Waals surface area contributed by atoms with Crippen LogP contribution in [0.1, 0.15) is 36.5 Å². The first-order valence-electron chi connectivity index (χ1n) is 10.9. The lowest BCUT2D eigenvalue weighted by Crippen LogP contribution is -1.99. The van der Waals surface area contributed by atoms with Gasteiger partial charge in [-0.1, -0.05) is 91.9 Å². The van der Waals surface area contributed by atoms with Crippen LogP contribution in [-0.2, 0) is 6.42 Å². The Balaban J connectivity index is 1.44. The van der Waals surface area contributed by atoms with Crippen molar-refractivity contribution in [2.45, 2.75) is 26.2 Å². The Morgan fingerprint density at radius 3 is 2.53 bits per heavy atom. The van der Waals surface area contributed by atoms with Gasteiger partial charge in [0.15, 0.2) is 0 Å². The molecule has 0 saturated heterocycles. The molecule has 0 fully saturated rings. The molecule has 0 aliphatic heterocycles. The molecule has 0 saturated carbocycles. The minimum atomic E-state index is 0.793. The van der Waals surface area contributed by atoms with Gasteiger partial charge in [-0.3, -0.25) is 0 Å². The first kappa shape index (κ1) is 20.0. The lowest BCUT2D eigenvalue weighted by molar-refractivity contribution is 0.986. The molecule has 1 heteroatoms. The fraction of sp³-hybridized carbons (Fsp3) is 0.172. The highest BCUT2D eigenvalue weighted by Gasteiger charge is 2.06. The van der Waals surface area contributed by atoms with Gasteiger partial charge in [-0.05, 0) is 70.9 Å². The van der Waals surface area contributed by atoms with Crippen LogP contribution in [0.3, 0.4) is 0 Å². The van der Waals surface area contributed by atoms with Gasteiger partial charge in [0.05, 0.1) is 0 Å². The van der Waals surface area contributed by atoms with Gasteiger partial charge in [-0.15, -0.1) is 0 Å². The van der Waals surface area contributed by atoms with Gasteiger partial charge < -0.3 is 5.32 Å². The second kappa shape index (κ2) is 9.93. The minimum absolute atomic E-state index is 0.793. The van der Waals surface area contributed by atoms with Crippen LogP contribution in [0.5, 0.6) is 0 Å². The number of allylic oxidation sites excluding steroid dienone is 4. The number of anilines is 1. The Morgan fingerprint density at radius 2 is 1.73 bits per heavy atom. The first-order valence-corrected chi connectivity index (χ1v) is 10.9. The van der Waals surface area contributed by atoms with E-state index in [1.165, 1.54) is 33.4 Å². The quantitative estimate of drug-likeness (QED) is 0.406. The molecule has 1 aliphatic rings. The van der Waals surface area contributed by atoms with E-state index in [0.717, 1.165) is 31.5 Å². The van der Waals surface area contributed by atoms with E-state index in [0.29, 0.717) is 0 Å². The number of nitrogens with one attached hydrogen (secondary N) is 1. The molecule has 0 atom stereocenters. The molecule has 0 heterocycles. The maximum atomic E-state index is 3.53. The first-order chi connectivity index (χ1) is 14.8. The van der Waals surface area contributed by atoms with Crippen molar-refractivity contribution in [3.05, 3.63) is 114 Å². The van der Waals surface area contributed by atoms with Crippen molar-refractivity contribution in [3.63, 3.8) is 0 Å². The van der Waals surface area contributed by atoms with Crippen molar-refractivity contribution in [3.8, 4) is 11.1 Å². The van der Waals surface area contributed by atoms with Gasteiger partial charge in [-0.2, -0.15) is 0 Å². The van der Waals surface area contributed by atoms with E-state index >= 15 is 0 Å². The van der Waals surface area contributed by atoms with Crippen LogP contribution in [0.25, 0.3) is 22.8 Å². The molecule has 1 nitrogen and oxygen atoms in total. The molecule has 0 spiro atoms. The van der Waals surface area contributed by atoms with Crippen LogP contribution in [0, 0.1) is 0 Å². The zero-order valence-electron chi connectivity index (χ0n) is 17.6. The van der Waals surface area contributed by atoms with Crippen molar-refractivity contribution in [1.82, 2.24) is 0 Å². The molecule has 1 aliphatic carbocycles. The second-order valence-electron chi connectivity index (χ2n) is 7.65. The van der Waals surface area contributed by atoms with Crippen LogP contribution < -0.4 is 5.32 Å². The molecule has 4 rings (SSSR count). The predicted octanol–water partition coefficient (Wildman–Crippen LogP) is 7.77. The summed E-state index contributed by atoms with van der Waals surface area (Å²) >= 11 is 0. The highest BCUT2D eigenvalue weighted by Crippen LogP contribution is 2.27. The normalized spacial score (nSPS) is 13.4. The van der Waals surface area contributed by atoms with Gasteiger partial charge in [0.25, 0.3) is 0 Å². The van der Waals surface area contributed by atoms with Crippen molar-refractivity contribution >= 4 is 17.3 Å². The Labute approximate surface area is 180 Å². The Hall–Kier alpha value is -3.32. The topological polar surface area (TPSA) is 12.0 Å². The van der Waals surface area contributed by atoms with Crippen molar-refractivity contribution in [1.29, 1.82) is 0 Å². The largest absolute Gasteiger partial charge is 0.382 e. The van der Waals surface area contributed by atoms with Gasteiger partial charge in [-0.25, -0.2) is 0 Å². The molecule has 3 aromatic rings. The van der Waals surface area contributed by atoms with E-state index in [1.54, 1.807) is 0 Å². The average molecular weight is 392 g/mol. The summed E-state index contributed by atoms with van der Waals surface area (Å²) in [6.07, 6.45) is 14.5. The van der Waals surface area contributed by atoms with Gasteiger partial charge in [0.1, 0.15) is 0 Å². The smallest absolute Gasteiger partial charge is 0.0343 e. The summed E-state index contributed by atoms with van der Waals surface area (Å²) in [4.78, 5) is 0. The summed E-state index contributed by atoms with van der Waals surface area (Å²) in [6, 6.07) is 26.1. The third-order valence-corrected chi connectivity index (χ3v) is 5.51. The van der Waals surface area contributed by atoms with E-state index in [4.69, 9.17) is 0 Å². The number of rotatable bonds is 7. The Kier molecular flexibility index (Phi) is 6.61. The van der Waals surface area contributed by atoms with Crippen LogP contribution >= 0.6 is 0 Å². The van der Waals surface area contributed by atoms with E-state index in [2.05, 4.69) is 115 Å². The number of aryl methyl sites for hydroxylation is 1. The lowest BCUT2D eigenvalue weighted by atomic mass is 9.93. The summed E-state index contributed by atoms with van der Waals surface area (Å²) < 4.78 is 0. The third kappa shape index (κ3) is 4.99. The maximum Gasteiger partial charge on any atom is 0.0343 e. The Bertz CT molecular complexity index is 1050. The van der Waals surface area contributed by atoms with E-state index in [9.17, 15) is 0 Å². The number of benzene rings is 3. The van der Waals surface area contributed by atoms with Crippen LogP contribution in [-0.4, -0.2) is 6.54 Å². The summed E-state index contributed by atoms with van der Waals surface area (Å²) in [5.41, 5.74) is 9.00. The maximum absolute atomic E-state index is 3.53. The molecule has 1 N–H and O–H groups in total. The average Bonchev–Trinajstić information content (AvgIpc) is 2.82. The predicted molar refractivity (Wildman–Crippen MR) is 132 cm³/mol. The Morgan fingerprint density at radius 1 is 0.933 bits per heavy atom. The third-order valence-electron chi connectivity index (χ3n) is 5.51. The fourth-order valence-electron chi connectivity index (χ4n) is 3.82. The molecule has 0 radical (unpaired) electrons. The van der Waals surface area contributed by atoms with Crippen LogP contribution in [0.2, 0.25) is 0 Å². The number of hydrogen-bond acceptors (Lipinski definition) is 1. The molecular weight excluding hydrogens is 362 g/mol. The van der Waals surface area contributed by atoms with E-state index in [1.807, 2.05) is 0 Å². The summed E-state index contributed by atoms with van der Waals surface area (Å²) in [5.74, 6) is 0. The number of fused-ring (bicyclic) bond motifs is 1. The molecule has 0 aromatic heterocycles. The molecule has 30 heavy (non-hydrogen) atoms. The molecule has 0 unspecified atom stereocenters. The zero-order chi connectivity index (χ0) is 20.6. The van der Waals surface area contributed by atoms with E-state index < -0.39 is 0 Å². The molecule has 0 bridgehead atoms. The monoisotopic (exact) mass is 391 g/mol. The SMILES string of the molecule is CC/C=C\C(=C/CNc1ccc(-c2ccc3c(c2)C=CCC3)cc1)c1ccccc1. The highest BCUT2D eigenvalue weighted by atomic mass is 14.8. The molecule has 0 amide bonds. The van der Waals surface area contributed by atoms with Crippen molar-refractivity contribution in [2.24, 2.45) is 0 Å². The van der Waals surface area contributed by atoms with Crippen LogP contribution in [0.4, 0.5) is 5.69 Å². The highest BCUT2D eigenvalue weighted by molar-refractivity contribution is 5.75. The summed E-state index contributed by atoms with van der Waals surface area (Å²) in [7, 11) is 0. The standard InChI is InChI=1S/C29H29N/c1-2-3-9-25(23-10-5-4-6-11-23)20-21-30-29-18-16-26(17-19-29)28-15-14-24-12-7-8-13-27(24)22-28/h3-6,8-11,13-20,22,30H,2,7,12,21H2,1H3/b9-3-,25-20+. The number of hydrogen-bond donors (Lipinski definition) is 1. The lowest BCUT2D eigenvalue weighted by Gasteiger charge is -2.12. The minimum Gasteiger partial charge on any atom is -0.382 e. The fourth-order valence-corrected chi connectivity index (χ4v) is 3.82. The van der Waals surface area contributed by atoms with Gasteiger partial charge in [0, 0.05) is 12.2 Å². The molecular formula is C29H29N. The van der Waals surface area contributed by atoms with Gasteiger partial charge >= 0.3 is 0 Å². The summed E-state index contributed by atoms with van der Waals surface area (Å²) in [5, 5.41) is 3.53. The van der Waals surface area contributed by atoms with Crippen molar-refractivity contribution in [2.75, 3.05) is 11.9 Å². The van der Waals surface area contributed by atoms with Crippen LogP contribution in [0.15, 0.2) is 97.1 Å². The molecule has 150 valence electrons. The zero-order valence-corrected chi connectivity index (χ0v) is 17.6. The van der Waals surface area contributed by atoms with Gasteiger partial charge in [0.2, 0.25) is 0 Å².